The fourth-order valence-corrected chi connectivity index (χ4v) is 5.84. The largest absolute Gasteiger partial charge is 0.490 e. The molecule has 5 aromatic rings. The molecule has 0 amide bonds. The van der Waals surface area contributed by atoms with Gasteiger partial charge in [-0.05, 0) is 36.6 Å². The van der Waals surface area contributed by atoms with Gasteiger partial charge < -0.3 is 14.1 Å². The van der Waals surface area contributed by atoms with Crippen LogP contribution in [0.15, 0.2) is 67.9 Å². The molecule has 6 rings (SSSR count). The summed E-state index contributed by atoms with van der Waals surface area (Å²) in [6.45, 7) is 14.1. The van der Waals surface area contributed by atoms with Gasteiger partial charge in [0.2, 0.25) is 5.43 Å². The number of aromatic nitrogens is 2. The second-order valence-electron chi connectivity index (χ2n) is 11.3. The lowest BCUT2D eigenvalue weighted by molar-refractivity contribution is 0.313. The third-order valence-corrected chi connectivity index (χ3v) is 8.85. The van der Waals surface area contributed by atoms with Gasteiger partial charge in [-0.2, -0.15) is 5.10 Å². The SMILES string of the molecule is CCCC.CCCCC(C)CC.Cc1cc(=O)c2scc(-c3ccc4c(c3)N(c3n[nH]c(=O)c5ccccc35)CCO4)c2o1. The van der Waals surface area contributed by atoms with Crippen molar-refractivity contribution in [2.45, 2.75) is 80.1 Å². The normalized spacial score (nSPS) is 12.9. The Balaban J connectivity index is 0.000000315. The minimum Gasteiger partial charge on any atom is -0.490 e. The molecular formula is C36H45N3O4S. The predicted octanol–water partition coefficient (Wildman–Crippen LogP) is 9.63. The Morgan fingerprint density at radius 1 is 1.00 bits per heavy atom. The van der Waals surface area contributed by atoms with Crippen LogP contribution in [0.4, 0.5) is 11.5 Å². The Kier molecular flexibility index (Phi) is 11.8. The van der Waals surface area contributed by atoms with Gasteiger partial charge in [-0.3, -0.25) is 9.59 Å². The highest BCUT2D eigenvalue weighted by atomic mass is 32.1. The third kappa shape index (κ3) is 7.59. The van der Waals surface area contributed by atoms with Gasteiger partial charge in [-0.25, -0.2) is 5.10 Å². The van der Waals surface area contributed by atoms with Gasteiger partial charge in [0, 0.05) is 22.4 Å². The van der Waals surface area contributed by atoms with Gasteiger partial charge in [-0.15, -0.1) is 11.3 Å². The van der Waals surface area contributed by atoms with Crippen molar-refractivity contribution in [3.05, 3.63) is 80.2 Å². The molecule has 0 saturated carbocycles. The van der Waals surface area contributed by atoms with Crippen LogP contribution in [0.5, 0.6) is 5.75 Å². The summed E-state index contributed by atoms with van der Waals surface area (Å²) in [5.74, 6) is 2.93. The summed E-state index contributed by atoms with van der Waals surface area (Å²) < 4.78 is 12.4. The number of anilines is 2. The Bertz CT molecular complexity index is 1790. The van der Waals surface area contributed by atoms with E-state index in [0.29, 0.717) is 40.4 Å². The van der Waals surface area contributed by atoms with E-state index in [1.54, 1.807) is 13.0 Å². The van der Waals surface area contributed by atoms with E-state index in [0.717, 1.165) is 33.9 Å². The molecule has 8 heteroatoms. The summed E-state index contributed by atoms with van der Waals surface area (Å²) in [4.78, 5) is 26.7. The van der Waals surface area contributed by atoms with E-state index in [9.17, 15) is 9.59 Å². The maximum atomic E-state index is 12.4. The van der Waals surface area contributed by atoms with Crippen LogP contribution in [0.25, 0.3) is 32.2 Å². The molecule has 44 heavy (non-hydrogen) atoms. The number of aryl methyl sites for hydroxylation is 1. The monoisotopic (exact) mass is 615 g/mol. The number of fused-ring (bicyclic) bond motifs is 3. The molecule has 1 atom stereocenters. The number of aromatic amines is 1. The van der Waals surface area contributed by atoms with Gasteiger partial charge >= 0.3 is 0 Å². The van der Waals surface area contributed by atoms with Crippen LogP contribution in [-0.4, -0.2) is 23.3 Å². The molecule has 0 aliphatic carbocycles. The number of rotatable bonds is 7. The molecule has 0 spiro atoms. The van der Waals surface area contributed by atoms with E-state index >= 15 is 0 Å². The molecule has 1 unspecified atom stereocenters. The average Bonchev–Trinajstić information content (AvgIpc) is 3.48. The highest BCUT2D eigenvalue weighted by Crippen LogP contribution is 2.42. The quantitative estimate of drug-likeness (QED) is 0.196. The number of nitrogens with zero attached hydrogens (tertiary/aromatic N) is 2. The summed E-state index contributed by atoms with van der Waals surface area (Å²) in [7, 11) is 0. The molecule has 0 saturated heterocycles. The van der Waals surface area contributed by atoms with E-state index in [-0.39, 0.29) is 11.0 Å². The number of hydrogen-bond donors (Lipinski definition) is 1. The van der Waals surface area contributed by atoms with Crippen molar-refractivity contribution in [2.24, 2.45) is 5.92 Å². The summed E-state index contributed by atoms with van der Waals surface area (Å²) in [5.41, 5.74) is 2.95. The highest BCUT2D eigenvalue weighted by Gasteiger charge is 2.24. The van der Waals surface area contributed by atoms with Crippen LogP contribution in [0.1, 0.15) is 78.9 Å². The average molecular weight is 616 g/mol. The zero-order chi connectivity index (χ0) is 31.6. The maximum absolute atomic E-state index is 12.4. The van der Waals surface area contributed by atoms with Gasteiger partial charge in [0.1, 0.15) is 22.8 Å². The van der Waals surface area contributed by atoms with Crippen LogP contribution < -0.4 is 20.6 Å². The molecule has 2 aromatic carbocycles. The summed E-state index contributed by atoms with van der Waals surface area (Å²) in [6, 6.07) is 14.8. The molecule has 234 valence electrons. The standard InChI is InChI=1S/C24H17N3O4S.C8H18.C4H10/c1-13-10-19(28)22-21(31-13)17(12-32-22)14-6-7-20-18(11-14)27(8-9-30-20)23-15-4-2-3-5-16(15)24(29)26-25-23;1-4-6-7-8(3)5-2;1-3-4-2/h2-7,10-12H,8-9H2,1H3,(H,26,29);8H,4-7H2,1-3H3;3-4H2,1-2H3. The molecule has 1 aliphatic heterocycles. The number of ether oxygens (including phenoxy) is 1. The molecule has 3 aromatic heterocycles. The second kappa shape index (κ2) is 15.7. The zero-order valence-electron chi connectivity index (χ0n) is 26.9. The molecule has 0 radical (unpaired) electrons. The third-order valence-electron chi connectivity index (χ3n) is 7.88. The van der Waals surface area contributed by atoms with Crippen molar-refractivity contribution in [1.29, 1.82) is 0 Å². The fraction of sp³-hybridized carbons (Fsp3) is 0.417. The summed E-state index contributed by atoms with van der Waals surface area (Å²) in [5, 5.41) is 10.3. The summed E-state index contributed by atoms with van der Waals surface area (Å²) >= 11 is 1.38. The van der Waals surface area contributed by atoms with Crippen molar-refractivity contribution in [3.63, 3.8) is 0 Å². The van der Waals surface area contributed by atoms with Gasteiger partial charge in [0.05, 0.1) is 17.6 Å². The Morgan fingerprint density at radius 3 is 2.45 bits per heavy atom. The number of thiophene rings is 1. The number of nitrogens with one attached hydrogen (secondary N) is 1. The van der Waals surface area contributed by atoms with Crippen LogP contribution in [0, 0.1) is 12.8 Å². The Hall–Kier alpha value is -3.91. The van der Waals surface area contributed by atoms with E-state index in [1.165, 1.54) is 55.9 Å². The topological polar surface area (TPSA) is 88.4 Å². The van der Waals surface area contributed by atoms with Gasteiger partial charge in [-0.1, -0.05) is 97.4 Å². The number of hydrogen-bond acceptors (Lipinski definition) is 7. The minimum absolute atomic E-state index is 0.0353. The first-order chi connectivity index (χ1) is 21.3. The highest BCUT2D eigenvalue weighted by molar-refractivity contribution is 7.17. The van der Waals surface area contributed by atoms with Gasteiger partial charge in [0.15, 0.2) is 11.4 Å². The molecule has 1 N–H and O–H groups in total. The van der Waals surface area contributed by atoms with Crippen molar-refractivity contribution in [1.82, 2.24) is 10.2 Å². The van der Waals surface area contributed by atoms with Crippen LogP contribution in [0.3, 0.4) is 0 Å². The molecule has 0 fully saturated rings. The molecule has 1 aliphatic rings. The number of unbranched alkanes of at least 4 members (excludes halogenated alkanes) is 2. The Labute approximate surface area is 263 Å². The van der Waals surface area contributed by atoms with Gasteiger partial charge in [0.25, 0.3) is 5.56 Å². The van der Waals surface area contributed by atoms with E-state index in [2.05, 4.69) is 49.7 Å². The molecular weight excluding hydrogens is 570 g/mol. The van der Waals surface area contributed by atoms with Crippen molar-refractivity contribution < 1.29 is 9.15 Å². The van der Waals surface area contributed by atoms with Crippen molar-refractivity contribution in [2.75, 3.05) is 18.1 Å². The zero-order valence-corrected chi connectivity index (χ0v) is 27.7. The first kappa shape index (κ1) is 33.0. The molecule has 0 bridgehead atoms. The first-order valence-electron chi connectivity index (χ1n) is 15.9. The lowest BCUT2D eigenvalue weighted by atomic mass is 10.0. The van der Waals surface area contributed by atoms with Crippen LogP contribution >= 0.6 is 11.3 Å². The van der Waals surface area contributed by atoms with E-state index < -0.39 is 0 Å². The van der Waals surface area contributed by atoms with Crippen molar-refractivity contribution in [3.8, 4) is 16.9 Å². The first-order valence-corrected chi connectivity index (χ1v) is 16.7. The second-order valence-corrected chi connectivity index (χ2v) is 12.2. The van der Waals surface area contributed by atoms with E-state index in [4.69, 9.17) is 9.15 Å². The summed E-state index contributed by atoms with van der Waals surface area (Å²) in [6.07, 6.45) is 8.17. The van der Waals surface area contributed by atoms with E-state index in [1.807, 2.05) is 41.8 Å². The van der Waals surface area contributed by atoms with Crippen LogP contribution in [0.2, 0.25) is 0 Å². The number of benzene rings is 2. The Morgan fingerprint density at radius 2 is 1.75 bits per heavy atom. The van der Waals surface area contributed by atoms with Crippen molar-refractivity contribution >= 4 is 43.9 Å². The molecule has 7 nitrogen and oxygen atoms in total. The fourth-order valence-electron chi connectivity index (χ4n) is 4.93. The predicted molar refractivity (Wildman–Crippen MR) is 185 cm³/mol. The van der Waals surface area contributed by atoms with Crippen LogP contribution in [-0.2, 0) is 0 Å². The minimum atomic E-state index is -0.221. The lowest BCUT2D eigenvalue weighted by Crippen LogP contribution is -2.30. The smallest absolute Gasteiger partial charge is 0.272 e. The number of H-pyrrole nitrogens is 1. The maximum Gasteiger partial charge on any atom is 0.272 e. The molecule has 4 heterocycles. The lowest BCUT2D eigenvalue weighted by Gasteiger charge is -2.31.